The Balaban J connectivity index is 1.06. The maximum absolute atomic E-state index is 12.2. The van der Waals surface area contributed by atoms with E-state index in [0.717, 1.165) is 43.0 Å². The number of pyridine rings is 1. The van der Waals surface area contributed by atoms with Crippen LogP contribution < -0.4 is 16.4 Å². The molecule has 6 heteroatoms. The predicted molar refractivity (Wildman–Crippen MR) is 124 cm³/mol. The topological polar surface area (TPSA) is 83.3 Å². The van der Waals surface area contributed by atoms with Gasteiger partial charge in [-0.3, -0.25) is 0 Å². The highest BCUT2D eigenvalue weighted by Crippen LogP contribution is 2.45. The lowest BCUT2D eigenvalue weighted by Crippen LogP contribution is -2.37. The molecule has 2 amide bonds. The summed E-state index contributed by atoms with van der Waals surface area (Å²) in [5, 5.41) is 6.04. The van der Waals surface area contributed by atoms with E-state index in [4.69, 9.17) is 5.73 Å². The van der Waals surface area contributed by atoms with E-state index >= 15 is 0 Å². The number of amides is 2. The summed E-state index contributed by atoms with van der Waals surface area (Å²) >= 11 is 0. The fourth-order valence-electron chi connectivity index (χ4n) is 4.59. The predicted octanol–water partition coefficient (Wildman–Crippen LogP) is 3.63. The second-order valence-electron chi connectivity index (χ2n) is 8.47. The molecule has 1 aliphatic carbocycles. The van der Waals surface area contributed by atoms with E-state index in [-0.39, 0.29) is 6.03 Å². The van der Waals surface area contributed by atoms with Gasteiger partial charge in [0.05, 0.1) is 5.69 Å². The maximum atomic E-state index is 12.2. The molecule has 3 aromatic rings. The monoisotopic (exact) mass is 413 g/mol. The molecule has 0 bridgehead atoms. The van der Waals surface area contributed by atoms with E-state index < -0.39 is 0 Å². The number of carbonyl (C=O) groups excluding carboxylic acids is 1. The number of fused-ring (bicyclic) bond motifs is 1. The molecule has 1 saturated carbocycles. The molecule has 5 rings (SSSR count). The second-order valence-corrected chi connectivity index (χ2v) is 8.47. The van der Waals surface area contributed by atoms with Crippen molar-refractivity contribution in [2.75, 3.05) is 30.7 Å². The number of urea groups is 1. The fourth-order valence-corrected chi connectivity index (χ4v) is 4.59. The van der Waals surface area contributed by atoms with Crippen LogP contribution in [0.15, 0.2) is 72.8 Å². The van der Waals surface area contributed by atoms with Crippen molar-refractivity contribution in [3.8, 4) is 11.3 Å². The van der Waals surface area contributed by atoms with Crippen LogP contribution in [0.3, 0.4) is 0 Å². The Labute approximate surface area is 182 Å². The first-order valence-electron chi connectivity index (χ1n) is 10.8. The first kappa shape index (κ1) is 19.6. The lowest BCUT2D eigenvalue weighted by molar-refractivity contribution is 0.246. The third-order valence-electron chi connectivity index (χ3n) is 6.34. The number of piperidine rings is 1. The SMILES string of the molecule is Nc1cccc(-c2ccc(CCN3CC4C(C3)C4NC(=O)Nc3ccccc3)cc2)n1. The normalized spacial score (nSPS) is 22.0. The number of hydrogen-bond donors (Lipinski definition) is 3. The Morgan fingerprint density at radius 3 is 2.42 bits per heavy atom. The Hall–Kier alpha value is -3.38. The summed E-state index contributed by atoms with van der Waals surface area (Å²) < 4.78 is 0. The van der Waals surface area contributed by atoms with Gasteiger partial charge in [0.1, 0.15) is 5.82 Å². The van der Waals surface area contributed by atoms with Gasteiger partial charge in [-0.1, -0.05) is 48.5 Å². The zero-order chi connectivity index (χ0) is 21.2. The van der Waals surface area contributed by atoms with E-state index in [9.17, 15) is 4.79 Å². The molecule has 158 valence electrons. The molecule has 6 nitrogen and oxygen atoms in total. The van der Waals surface area contributed by atoms with Crippen molar-refractivity contribution in [2.45, 2.75) is 12.5 Å². The van der Waals surface area contributed by atoms with E-state index in [1.807, 2.05) is 42.5 Å². The van der Waals surface area contributed by atoms with Crippen molar-refractivity contribution in [3.63, 3.8) is 0 Å². The smallest absolute Gasteiger partial charge is 0.319 e. The minimum Gasteiger partial charge on any atom is -0.384 e. The van der Waals surface area contributed by atoms with Crippen molar-refractivity contribution in [1.29, 1.82) is 0 Å². The van der Waals surface area contributed by atoms with Gasteiger partial charge in [-0.2, -0.15) is 0 Å². The highest BCUT2D eigenvalue weighted by atomic mass is 16.2. The standard InChI is InChI=1S/C25H27N5O/c26-23-8-4-7-22(28-23)18-11-9-17(10-12-18)13-14-30-15-20-21(16-30)24(20)29-25(31)27-19-5-2-1-3-6-19/h1-12,20-21,24H,13-16H2,(H2,26,28)(H2,27,29,31). The average molecular weight is 414 g/mol. The molecule has 1 aliphatic heterocycles. The van der Waals surface area contributed by atoms with Gasteiger partial charge in [0, 0.05) is 36.9 Å². The van der Waals surface area contributed by atoms with E-state index in [1.54, 1.807) is 6.07 Å². The van der Waals surface area contributed by atoms with Crippen LogP contribution in [0, 0.1) is 11.8 Å². The number of nitrogens with zero attached hydrogens (tertiary/aromatic N) is 2. The molecule has 0 spiro atoms. The summed E-state index contributed by atoms with van der Waals surface area (Å²) in [5.74, 6) is 1.71. The summed E-state index contributed by atoms with van der Waals surface area (Å²) in [6.45, 7) is 3.17. The van der Waals surface area contributed by atoms with Gasteiger partial charge in [-0.15, -0.1) is 0 Å². The number of likely N-dealkylation sites (tertiary alicyclic amines) is 1. The molecule has 2 aromatic carbocycles. The number of rotatable bonds is 6. The van der Waals surface area contributed by atoms with Crippen LogP contribution in [-0.4, -0.2) is 41.6 Å². The summed E-state index contributed by atoms with van der Waals surface area (Å²) in [7, 11) is 0. The molecule has 1 aromatic heterocycles. The maximum Gasteiger partial charge on any atom is 0.319 e. The molecule has 31 heavy (non-hydrogen) atoms. The van der Waals surface area contributed by atoms with Crippen LogP contribution in [0.4, 0.5) is 16.3 Å². The molecule has 4 N–H and O–H groups in total. The molecule has 2 aliphatic rings. The molecule has 0 radical (unpaired) electrons. The number of hydrogen-bond acceptors (Lipinski definition) is 4. The third-order valence-corrected chi connectivity index (χ3v) is 6.34. The van der Waals surface area contributed by atoms with E-state index in [1.165, 1.54) is 5.56 Å². The second kappa shape index (κ2) is 8.40. The van der Waals surface area contributed by atoms with Crippen LogP contribution in [0.1, 0.15) is 5.56 Å². The van der Waals surface area contributed by atoms with Crippen LogP contribution in [-0.2, 0) is 6.42 Å². The Morgan fingerprint density at radius 1 is 0.968 bits per heavy atom. The first-order chi connectivity index (χ1) is 15.2. The van der Waals surface area contributed by atoms with Gasteiger partial charge in [0.15, 0.2) is 0 Å². The van der Waals surface area contributed by atoms with Gasteiger partial charge < -0.3 is 21.3 Å². The highest BCUT2D eigenvalue weighted by Gasteiger charge is 2.56. The zero-order valence-corrected chi connectivity index (χ0v) is 17.4. The van der Waals surface area contributed by atoms with Gasteiger partial charge in [-0.05, 0) is 48.1 Å². The minimum atomic E-state index is -0.105. The van der Waals surface area contributed by atoms with Crippen molar-refractivity contribution in [2.24, 2.45) is 11.8 Å². The van der Waals surface area contributed by atoms with E-state index in [0.29, 0.717) is 23.7 Å². The number of benzene rings is 2. The lowest BCUT2D eigenvalue weighted by atomic mass is 10.1. The number of nitrogens with two attached hydrogens (primary N) is 1. The molecule has 1 saturated heterocycles. The minimum absolute atomic E-state index is 0.105. The molecule has 2 atom stereocenters. The van der Waals surface area contributed by atoms with Crippen molar-refractivity contribution < 1.29 is 4.79 Å². The molecular weight excluding hydrogens is 386 g/mol. The number of carbonyl (C=O) groups is 1. The number of nitrogens with one attached hydrogen (secondary N) is 2. The largest absolute Gasteiger partial charge is 0.384 e. The summed E-state index contributed by atoms with van der Waals surface area (Å²) in [5.41, 5.74) is 9.92. The van der Waals surface area contributed by atoms with Gasteiger partial charge in [0.2, 0.25) is 0 Å². The molecule has 2 fully saturated rings. The van der Waals surface area contributed by atoms with Crippen LogP contribution >= 0.6 is 0 Å². The van der Waals surface area contributed by atoms with Crippen LogP contribution in [0.5, 0.6) is 0 Å². The summed E-state index contributed by atoms with van der Waals surface area (Å²) in [4.78, 5) is 19.1. The summed E-state index contributed by atoms with van der Waals surface area (Å²) in [6.07, 6.45) is 1.02. The fraction of sp³-hybridized carbons (Fsp3) is 0.280. The van der Waals surface area contributed by atoms with Crippen molar-refractivity contribution in [1.82, 2.24) is 15.2 Å². The third kappa shape index (κ3) is 4.54. The molecule has 2 heterocycles. The Bertz CT molecular complexity index is 1040. The highest BCUT2D eigenvalue weighted by molar-refractivity contribution is 5.89. The average Bonchev–Trinajstić information content (AvgIpc) is 3.21. The first-order valence-corrected chi connectivity index (χ1v) is 10.8. The summed E-state index contributed by atoms with van der Waals surface area (Å²) in [6, 6.07) is 24.1. The quantitative estimate of drug-likeness (QED) is 0.576. The van der Waals surface area contributed by atoms with Crippen molar-refractivity contribution in [3.05, 3.63) is 78.4 Å². The molecule has 2 unspecified atom stereocenters. The number of nitrogen functional groups attached to an aromatic ring is 1. The lowest BCUT2D eigenvalue weighted by Gasteiger charge is -2.20. The Morgan fingerprint density at radius 2 is 1.71 bits per heavy atom. The number of anilines is 2. The van der Waals surface area contributed by atoms with Gasteiger partial charge in [0.25, 0.3) is 0 Å². The van der Waals surface area contributed by atoms with Gasteiger partial charge in [-0.25, -0.2) is 9.78 Å². The van der Waals surface area contributed by atoms with Gasteiger partial charge >= 0.3 is 6.03 Å². The molecular formula is C25H27N5O. The van der Waals surface area contributed by atoms with Crippen LogP contribution in [0.25, 0.3) is 11.3 Å². The Kier molecular flexibility index (Phi) is 5.30. The van der Waals surface area contributed by atoms with Crippen LogP contribution in [0.2, 0.25) is 0 Å². The zero-order valence-electron chi connectivity index (χ0n) is 17.4. The van der Waals surface area contributed by atoms with E-state index in [2.05, 4.69) is 44.8 Å². The number of para-hydroxylation sites is 1. The number of aromatic nitrogens is 1. The van der Waals surface area contributed by atoms with Crippen molar-refractivity contribution >= 4 is 17.5 Å².